The molecule has 0 aromatic rings. The minimum absolute atomic E-state index is 0.196. The van der Waals surface area contributed by atoms with Crippen molar-refractivity contribution in [3.05, 3.63) is 0 Å². The van der Waals surface area contributed by atoms with Crippen LogP contribution >= 0.6 is 0 Å². The Morgan fingerprint density at radius 3 is 2.20 bits per heavy atom. The van der Waals surface area contributed by atoms with E-state index in [2.05, 4.69) is 0 Å². The average molecular weight is 231 g/mol. The number of nitrogens with zero attached hydrogens (tertiary/aromatic N) is 1. The zero-order chi connectivity index (χ0) is 11.1. The van der Waals surface area contributed by atoms with E-state index in [1.165, 1.54) is 4.90 Å². The fourth-order valence-corrected chi connectivity index (χ4v) is 3.42. The molecule has 2 aliphatic rings. The van der Waals surface area contributed by atoms with Crippen molar-refractivity contribution in [1.29, 1.82) is 0 Å². The molecule has 2 rings (SSSR count). The van der Waals surface area contributed by atoms with Crippen LogP contribution in [0.1, 0.15) is 25.7 Å². The lowest BCUT2D eigenvalue weighted by molar-refractivity contribution is 0.104. The lowest BCUT2D eigenvalue weighted by Crippen LogP contribution is -2.51. The molecule has 1 amide bonds. The van der Waals surface area contributed by atoms with E-state index in [9.17, 15) is 13.2 Å². The van der Waals surface area contributed by atoms with E-state index < -0.39 is 16.4 Å². The van der Waals surface area contributed by atoms with Gasteiger partial charge in [-0.1, -0.05) is 0 Å². The molecule has 2 fully saturated rings. The van der Waals surface area contributed by atoms with E-state index in [1.807, 2.05) is 0 Å². The van der Waals surface area contributed by atoms with Crippen molar-refractivity contribution in [2.75, 3.05) is 13.1 Å². The molecule has 1 spiro atoms. The van der Waals surface area contributed by atoms with Crippen molar-refractivity contribution in [1.82, 2.24) is 4.90 Å². The number of rotatable bonds is 0. The maximum absolute atomic E-state index is 10.9. The molecular weight excluding hydrogens is 218 g/mol. The summed E-state index contributed by atoms with van der Waals surface area (Å²) in [5.74, 6) is 0. The van der Waals surface area contributed by atoms with Crippen LogP contribution in [0.25, 0.3) is 0 Å². The first-order chi connectivity index (χ1) is 7.05. The first kappa shape index (κ1) is 10.5. The Balaban J connectivity index is 2.11. The topological polar surface area (TPSA) is 74.7 Å². The zero-order valence-electron chi connectivity index (χ0n) is 8.27. The second-order valence-electron chi connectivity index (χ2n) is 4.21. The molecular formula is C9H13NO4S. The van der Waals surface area contributed by atoms with Crippen LogP contribution in [0.3, 0.4) is 0 Å². The van der Waals surface area contributed by atoms with Crippen molar-refractivity contribution in [2.45, 2.75) is 25.7 Å². The largest absolute Gasteiger partial charge is 0.465 e. The third-order valence-electron chi connectivity index (χ3n) is 3.61. The molecule has 15 heavy (non-hydrogen) atoms. The SMILES string of the molecule is O=C(O)N1CCC2(CCC2=S(=O)=O)CC1. The van der Waals surface area contributed by atoms with Crippen LogP contribution < -0.4 is 0 Å². The molecule has 0 radical (unpaired) electrons. The molecule has 0 aromatic heterocycles. The van der Waals surface area contributed by atoms with E-state index in [-0.39, 0.29) is 5.41 Å². The van der Waals surface area contributed by atoms with E-state index in [0.717, 1.165) is 6.42 Å². The molecule has 6 heteroatoms. The molecule has 84 valence electrons. The summed E-state index contributed by atoms with van der Waals surface area (Å²) in [7, 11) is -2.08. The van der Waals surface area contributed by atoms with Gasteiger partial charge in [-0.05, 0) is 25.7 Å². The Bertz CT molecular complexity index is 409. The van der Waals surface area contributed by atoms with Crippen LogP contribution in [-0.2, 0) is 10.3 Å². The highest BCUT2D eigenvalue weighted by molar-refractivity contribution is 7.73. The van der Waals surface area contributed by atoms with Crippen LogP contribution in [-0.4, -0.2) is 42.5 Å². The van der Waals surface area contributed by atoms with E-state index >= 15 is 0 Å². The first-order valence-electron chi connectivity index (χ1n) is 4.99. The van der Waals surface area contributed by atoms with Crippen LogP contribution in [0.4, 0.5) is 4.79 Å². The van der Waals surface area contributed by atoms with Crippen LogP contribution in [0.15, 0.2) is 0 Å². The van der Waals surface area contributed by atoms with Gasteiger partial charge in [0, 0.05) is 18.5 Å². The van der Waals surface area contributed by atoms with E-state index in [1.54, 1.807) is 0 Å². The fraction of sp³-hybridized carbons (Fsp3) is 0.778. The zero-order valence-corrected chi connectivity index (χ0v) is 9.09. The minimum atomic E-state index is -2.08. The van der Waals surface area contributed by atoms with Gasteiger partial charge in [0.2, 0.25) is 10.3 Å². The van der Waals surface area contributed by atoms with Gasteiger partial charge < -0.3 is 10.0 Å². The summed E-state index contributed by atoms with van der Waals surface area (Å²) < 4.78 is 21.8. The lowest BCUT2D eigenvalue weighted by Gasteiger charge is -2.47. The van der Waals surface area contributed by atoms with Gasteiger partial charge in [0.25, 0.3) is 0 Å². The number of piperidine rings is 1. The first-order valence-corrected chi connectivity index (χ1v) is 6.06. The summed E-state index contributed by atoms with van der Waals surface area (Å²) >= 11 is 0. The summed E-state index contributed by atoms with van der Waals surface area (Å²) in [6.45, 7) is 0.909. The highest BCUT2D eigenvalue weighted by Crippen LogP contribution is 2.46. The fourth-order valence-electron chi connectivity index (χ4n) is 2.50. The molecule has 0 bridgehead atoms. The van der Waals surface area contributed by atoms with Gasteiger partial charge in [0.15, 0.2) is 0 Å². The second kappa shape index (κ2) is 3.52. The molecule has 1 heterocycles. The van der Waals surface area contributed by atoms with Gasteiger partial charge in [0.1, 0.15) is 0 Å². The highest BCUT2D eigenvalue weighted by Gasteiger charge is 2.46. The number of likely N-dealkylation sites (tertiary alicyclic amines) is 1. The number of carbonyl (C=O) groups is 1. The molecule has 0 unspecified atom stereocenters. The predicted octanol–water partition coefficient (Wildman–Crippen LogP) is 0.592. The standard InChI is InChI=1S/C9H13NO4S/c11-8(12)10-5-3-9(4-6-10)2-1-7(9)15(13)14/h1-6H2,(H,11,12). The van der Waals surface area contributed by atoms with Gasteiger partial charge >= 0.3 is 6.09 Å². The Labute approximate surface area is 89.2 Å². The smallest absolute Gasteiger partial charge is 0.407 e. The Kier molecular flexibility index (Phi) is 2.46. The monoisotopic (exact) mass is 231 g/mol. The van der Waals surface area contributed by atoms with E-state index in [4.69, 9.17) is 5.11 Å². The van der Waals surface area contributed by atoms with Gasteiger partial charge in [-0.2, -0.15) is 8.42 Å². The maximum atomic E-state index is 10.9. The summed E-state index contributed by atoms with van der Waals surface area (Å²) in [6.07, 6.45) is 1.95. The molecule has 1 aliphatic carbocycles. The number of hydrogen-bond acceptors (Lipinski definition) is 3. The molecule has 1 N–H and O–H groups in total. The predicted molar refractivity (Wildman–Crippen MR) is 54.4 cm³/mol. The van der Waals surface area contributed by atoms with Crippen molar-refractivity contribution in [3.63, 3.8) is 0 Å². The van der Waals surface area contributed by atoms with Gasteiger partial charge in [-0.3, -0.25) is 0 Å². The van der Waals surface area contributed by atoms with Crippen LogP contribution in [0, 0.1) is 5.41 Å². The van der Waals surface area contributed by atoms with Gasteiger partial charge in [-0.15, -0.1) is 0 Å². The minimum Gasteiger partial charge on any atom is -0.465 e. The maximum Gasteiger partial charge on any atom is 0.407 e. The number of carboxylic acid groups (broad SMARTS) is 1. The summed E-state index contributed by atoms with van der Waals surface area (Å²) in [5, 5.41) is 8.77. The molecule has 1 aliphatic heterocycles. The summed E-state index contributed by atoms with van der Waals surface area (Å²) in [5.41, 5.74) is -0.196. The van der Waals surface area contributed by atoms with Crippen molar-refractivity contribution in [3.8, 4) is 0 Å². The molecule has 1 saturated carbocycles. The summed E-state index contributed by atoms with van der Waals surface area (Å²) in [4.78, 5) is 12.6. The highest BCUT2D eigenvalue weighted by atomic mass is 32.2. The lowest BCUT2D eigenvalue weighted by atomic mass is 9.63. The van der Waals surface area contributed by atoms with Crippen LogP contribution in [0.5, 0.6) is 0 Å². The Morgan fingerprint density at radius 2 is 1.87 bits per heavy atom. The third kappa shape index (κ3) is 1.62. The molecule has 0 atom stereocenters. The molecule has 5 nitrogen and oxygen atoms in total. The average Bonchev–Trinajstić information content (AvgIpc) is 2.15. The Hall–Kier alpha value is -1.04. The quantitative estimate of drug-likeness (QED) is 0.619. The van der Waals surface area contributed by atoms with Gasteiger partial charge in [0.05, 0.1) is 4.86 Å². The van der Waals surface area contributed by atoms with Crippen LogP contribution in [0.2, 0.25) is 0 Å². The van der Waals surface area contributed by atoms with Crippen molar-refractivity contribution in [2.24, 2.45) is 5.41 Å². The Morgan fingerprint density at radius 1 is 1.27 bits per heavy atom. The molecule has 0 aromatic carbocycles. The van der Waals surface area contributed by atoms with Gasteiger partial charge in [-0.25, -0.2) is 4.79 Å². The number of hydrogen-bond donors (Lipinski definition) is 1. The van der Waals surface area contributed by atoms with Crippen molar-refractivity contribution >= 4 is 21.3 Å². The van der Waals surface area contributed by atoms with E-state index in [0.29, 0.717) is 37.2 Å². The second-order valence-corrected chi connectivity index (χ2v) is 5.17. The normalized spacial score (nSPS) is 23.7. The van der Waals surface area contributed by atoms with Crippen molar-refractivity contribution < 1.29 is 18.3 Å². The molecule has 1 saturated heterocycles. The third-order valence-corrected chi connectivity index (χ3v) is 4.65. The summed E-state index contributed by atoms with van der Waals surface area (Å²) in [6, 6.07) is 0. The number of amides is 1.